The highest BCUT2D eigenvalue weighted by atomic mass is 127. The van der Waals surface area contributed by atoms with Crippen molar-refractivity contribution in [2.45, 2.75) is 25.8 Å². The Morgan fingerprint density at radius 2 is 1.89 bits per heavy atom. The molecule has 2 aromatic rings. The highest BCUT2D eigenvalue weighted by molar-refractivity contribution is 14.1. The Hall–Kier alpha value is -0.580. The van der Waals surface area contributed by atoms with Crippen LogP contribution in [-0.4, -0.2) is 0 Å². The fourth-order valence-corrected chi connectivity index (χ4v) is 2.65. The van der Waals surface area contributed by atoms with E-state index >= 15 is 0 Å². The van der Waals surface area contributed by atoms with Gasteiger partial charge in [0.2, 0.25) is 0 Å². The first-order valence-corrected chi connectivity index (χ1v) is 7.87. The minimum absolute atomic E-state index is 0.119. The molecule has 100 valence electrons. The monoisotopic (exact) mass is 385 g/mol. The molecule has 0 aromatic heterocycles. The van der Waals surface area contributed by atoms with Gasteiger partial charge in [0.15, 0.2) is 0 Å². The maximum absolute atomic E-state index is 6.34. The average molecular weight is 386 g/mol. The Kier molecular flexibility index (Phi) is 5.25. The number of hydrogen-bond donors (Lipinski definition) is 1. The van der Waals surface area contributed by atoms with E-state index in [1.807, 2.05) is 18.2 Å². The molecular formula is C16H17ClIN. The van der Waals surface area contributed by atoms with Gasteiger partial charge < -0.3 is 5.73 Å². The van der Waals surface area contributed by atoms with Crippen LogP contribution in [0.1, 0.15) is 36.1 Å². The van der Waals surface area contributed by atoms with Crippen LogP contribution in [0.5, 0.6) is 0 Å². The van der Waals surface area contributed by atoms with Crippen molar-refractivity contribution < 1.29 is 0 Å². The van der Waals surface area contributed by atoms with Crippen LogP contribution < -0.4 is 5.73 Å². The van der Waals surface area contributed by atoms with Crippen LogP contribution in [-0.2, 0) is 6.42 Å². The SMILES string of the molecule is CCCc1cccc(C(N)c2ccc(I)c(Cl)c2)c1. The summed E-state index contributed by atoms with van der Waals surface area (Å²) in [6.07, 6.45) is 2.24. The summed E-state index contributed by atoms with van der Waals surface area (Å²) in [5.41, 5.74) is 9.88. The first kappa shape index (κ1) is 14.8. The fraction of sp³-hybridized carbons (Fsp3) is 0.250. The molecular weight excluding hydrogens is 369 g/mol. The molecule has 0 aliphatic heterocycles. The molecule has 0 bridgehead atoms. The Morgan fingerprint density at radius 1 is 1.16 bits per heavy atom. The summed E-state index contributed by atoms with van der Waals surface area (Å²) >= 11 is 8.39. The summed E-state index contributed by atoms with van der Waals surface area (Å²) in [4.78, 5) is 0. The van der Waals surface area contributed by atoms with Crippen molar-refractivity contribution in [3.05, 3.63) is 67.7 Å². The van der Waals surface area contributed by atoms with Crippen molar-refractivity contribution in [1.29, 1.82) is 0 Å². The first-order chi connectivity index (χ1) is 9.11. The topological polar surface area (TPSA) is 26.0 Å². The molecule has 0 saturated heterocycles. The van der Waals surface area contributed by atoms with E-state index in [0.29, 0.717) is 0 Å². The van der Waals surface area contributed by atoms with Gasteiger partial charge in [-0.3, -0.25) is 0 Å². The third-order valence-corrected chi connectivity index (χ3v) is 4.72. The second-order valence-electron chi connectivity index (χ2n) is 4.65. The Bertz CT molecular complexity index is 568. The lowest BCUT2D eigenvalue weighted by molar-refractivity contribution is 0.858. The molecule has 2 rings (SSSR count). The Balaban J connectivity index is 2.29. The first-order valence-electron chi connectivity index (χ1n) is 6.41. The van der Waals surface area contributed by atoms with Gasteiger partial charge in [-0.25, -0.2) is 0 Å². The average Bonchev–Trinajstić information content (AvgIpc) is 2.42. The highest BCUT2D eigenvalue weighted by Crippen LogP contribution is 2.26. The van der Waals surface area contributed by atoms with Crippen LogP contribution in [0.25, 0.3) is 0 Å². The lowest BCUT2D eigenvalue weighted by atomic mass is 9.97. The minimum atomic E-state index is -0.119. The molecule has 1 unspecified atom stereocenters. The normalized spacial score (nSPS) is 12.4. The molecule has 1 atom stereocenters. The molecule has 1 nitrogen and oxygen atoms in total. The van der Waals surface area contributed by atoms with Crippen molar-refractivity contribution in [2.24, 2.45) is 5.73 Å². The van der Waals surface area contributed by atoms with E-state index in [9.17, 15) is 0 Å². The molecule has 0 heterocycles. The zero-order valence-corrected chi connectivity index (χ0v) is 13.8. The molecule has 0 aliphatic rings. The van der Waals surface area contributed by atoms with Crippen LogP contribution in [0.4, 0.5) is 0 Å². The summed E-state index contributed by atoms with van der Waals surface area (Å²) < 4.78 is 1.05. The van der Waals surface area contributed by atoms with Crippen molar-refractivity contribution >= 4 is 34.2 Å². The molecule has 2 N–H and O–H groups in total. The van der Waals surface area contributed by atoms with Crippen LogP contribution in [0.2, 0.25) is 5.02 Å². The molecule has 0 fully saturated rings. The second-order valence-corrected chi connectivity index (χ2v) is 6.22. The van der Waals surface area contributed by atoms with Crippen LogP contribution in [0.15, 0.2) is 42.5 Å². The molecule has 3 heteroatoms. The molecule has 0 amide bonds. The van der Waals surface area contributed by atoms with Gasteiger partial charge in [-0.1, -0.05) is 55.3 Å². The standard InChI is InChI=1S/C16H17ClIN/c1-2-4-11-5-3-6-12(9-11)16(19)13-7-8-15(18)14(17)10-13/h3,5-10,16H,2,4,19H2,1H3. The molecule has 0 radical (unpaired) electrons. The van der Waals surface area contributed by atoms with Gasteiger partial charge >= 0.3 is 0 Å². The minimum Gasteiger partial charge on any atom is -0.320 e. The van der Waals surface area contributed by atoms with Gasteiger partial charge in [-0.2, -0.15) is 0 Å². The van der Waals surface area contributed by atoms with E-state index < -0.39 is 0 Å². The maximum atomic E-state index is 6.34. The van der Waals surface area contributed by atoms with Gasteiger partial charge in [0.25, 0.3) is 0 Å². The molecule has 2 aromatic carbocycles. The number of benzene rings is 2. The van der Waals surface area contributed by atoms with Crippen LogP contribution in [0, 0.1) is 3.57 Å². The molecule has 19 heavy (non-hydrogen) atoms. The smallest absolute Gasteiger partial charge is 0.0552 e. The third kappa shape index (κ3) is 3.71. The number of halogens is 2. The van der Waals surface area contributed by atoms with Crippen LogP contribution >= 0.6 is 34.2 Å². The van der Waals surface area contributed by atoms with E-state index in [2.05, 4.69) is 53.8 Å². The molecule has 0 spiro atoms. The fourth-order valence-electron chi connectivity index (χ4n) is 2.13. The van der Waals surface area contributed by atoms with Gasteiger partial charge in [0.05, 0.1) is 11.1 Å². The third-order valence-electron chi connectivity index (χ3n) is 3.15. The van der Waals surface area contributed by atoms with Crippen molar-refractivity contribution in [1.82, 2.24) is 0 Å². The predicted molar refractivity (Wildman–Crippen MR) is 90.6 cm³/mol. The number of rotatable bonds is 4. The summed E-state index contributed by atoms with van der Waals surface area (Å²) in [6, 6.07) is 14.4. The Morgan fingerprint density at radius 3 is 2.58 bits per heavy atom. The van der Waals surface area contributed by atoms with E-state index in [1.165, 1.54) is 5.56 Å². The largest absolute Gasteiger partial charge is 0.320 e. The van der Waals surface area contributed by atoms with Crippen molar-refractivity contribution in [3.8, 4) is 0 Å². The lowest BCUT2D eigenvalue weighted by Gasteiger charge is -2.14. The van der Waals surface area contributed by atoms with Gasteiger partial charge in [0, 0.05) is 3.57 Å². The van der Waals surface area contributed by atoms with E-state index in [4.69, 9.17) is 17.3 Å². The van der Waals surface area contributed by atoms with Gasteiger partial charge in [-0.05, 0) is 57.8 Å². The molecule has 0 aliphatic carbocycles. The lowest BCUT2D eigenvalue weighted by Crippen LogP contribution is -2.12. The van der Waals surface area contributed by atoms with E-state index in [-0.39, 0.29) is 6.04 Å². The van der Waals surface area contributed by atoms with Crippen molar-refractivity contribution in [2.75, 3.05) is 0 Å². The molecule has 0 saturated carbocycles. The number of aryl methyl sites for hydroxylation is 1. The maximum Gasteiger partial charge on any atom is 0.0552 e. The zero-order valence-electron chi connectivity index (χ0n) is 10.9. The second kappa shape index (κ2) is 6.73. The Labute approximate surface area is 133 Å². The van der Waals surface area contributed by atoms with Gasteiger partial charge in [0.1, 0.15) is 0 Å². The quantitative estimate of drug-likeness (QED) is 0.741. The predicted octanol–water partition coefficient (Wildman–Crippen LogP) is 4.95. The highest BCUT2D eigenvalue weighted by Gasteiger charge is 2.10. The summed E-state index contributed by atoms with van der Waals surface area (Å²) in [5, 5.41) is 0.762. The summed E-state index contributed by atoms with van der Waals surface area (Å²) in [6.45, 7) is 2.19. The van der Waals surface area contributed by atoms with Crippen LogP contribution in [0.3, 0.4) is 0 Å². The van der Waals surface area contributed by atoms with E-state index in [0.717, 1.165) is 32.6 Å². The summed E-state index contributed by atoms with van der Waals surface area (Å²) in [5.74, 6) is 0. The van der Waals surface area contributed by atoms with E-state index in [1.54, 1.807) is 0 Å². The number of nitrogens with two attached hydrogens (primary N) is 1. The van der Waals surface area contributed by atoms with Gasteiger partial charge in [-0.15, -0.1) is 0 Å². The van der Waals surface area contributed by atoms with Crippen molar-refractivity contribution in [3.63, 3.8) is 0 Å². The zero-order chi connectivity index (χ0) is 13.8. The number of hydrogen-bond acceptors (Lipinski definition) is 1. The summed E-state index contributed by atoms with van der Waals surface area (Å²) in [7, 11) is 0.